The highest BCUT2D eigenvalue weighted by molar-refractivity contribution is 6.53. The minimum Gasteiger partial charge on any atom is -0.0875 e. The summed E-state index contributed by atoms with van der Waals surface area (Å²) < 4.78 is 0. The molecule has 2 aromatic rings. The summed E-state index contributed by atoms with van der Waals surface area (Å²) in [5.74, 6) is 0. The summed E-state index contributed by atoms with van der Waals surface area (Å²) in [5.41, 5.74) is 2.57. The third-order valence-electron chi connectivity index (χ3n) is 2.56. The van der Waals surface area contributed by atoms with Gasteiger partial charge in [0.2, 0.25) is 0 Å². The molecule has 0 spiro atoms. The van der Waals surface area contributed by atoms with Crippen LogP contribution in [0, 0.1) is 0 Å². The van der Waals surface area contributed by atoms with E-state index in [1.54, 1.807) is 0 Å². The minimum absolute atomic E-state index is 1.28. The lowest BCUT2D eigenvalue weighted by Gasteiger charge is -2.03. The van der Waals surface area contributed by atoms with Gasteiger partial charge in [0.05, 0.1) is 0 Å². The topological polar surface area (TPSA) is 0 Å². The molecule has 0 unspecified atom stereocenters. The summed E-state index contributed by atoms with van der Waals surface area (Å²) >= 11 is 0. The Hall–Kier alpha value is -1.17. The number of hydrogen-bond donors (Lipinski definition) is 0. The van der Waals surface area contributed by atoms with E-state index in [1.165, 1.54) is 21.7 Å². The maximum absolute atomic E-state index is 2.22. The highest BCUT2D eigenvalue weighted by atomic mass is 14.0. The molecule has 0 bridgehead atoms. The zero-order valence-electron chi connectivity index (χ0n) is 8.62. The third kappa shape index (κ3) is 1.70. The second-order valence-corrected chi connectivity index (χ2v) is 3.44. The highest BCUT2D eigenvalue weighted by Crippen LogP contribution is 2.09. The van der Waals surface area contributed by atoms with Crippen molar-refractivity contribution in [3.63, 3.8) is 0 Å². The van der Waals surface area contributed by atoms with E-state index < -0.39 is 0 Å². The van der Waals surface area contributed by atoms with Crippen LogP contribution in [0.15, 0.2) is 36.4 Å². The zero-order chi connectivity index (χ0) is 9.97. The fourth-order valence-electron chi connectivity index (χ4n) is 1.64. The van der Waals surface area contributed by atoms with E-state index in [0.717, 1.165) is 0 Å². The molecule has 66 valence electrons. The van der Waals surface area contributed by atoms with Gasteiger partial charge < -0.3 is 0 Å². The molecule has 14 heavy (non-hydrogen) atoms. The van der Waals surface area contributed by atoms with E-state index >= 15 is 0 Å². The molecule has 0 saturated carbocycles. The first-order chi connectivity index (χ1) is 6.83. The molecule has 0 amide bonds. The van der Waals surface area contributed by atoms with E-state index in [9.17, 15) is 0 Å². The van der Waals surface area contributed by atoms with Crippen LogP contribution in [0.4, 0.5) is 0 Å². The molecule has 0 N–H and O–H groups in total. The standard InChI is InChI=1S/C12H12B2/c1-13-11-5-3-10-8-12(14-2)6-4-9(10)7-11/h3-8H,1-2H3. The van der Waals surface area contributed by atoms with Gasteiger partial charge in [-0.2, -0.15) is 0 Å². The Labute approximate surface area is 86.8 Å². The molecular formula is C12H12B2. The molecule has 0 aliphatic carbocycles. The minimum atomic E-state index is 1.28. The summed E-state index contributed by atoms with van der Waals surface area (Å²) in [7, 11) is 4.25. The number of hydrogen-bond acceptors (Lipinski definition) is 0. The number of benzene rings is 2. The quantitative estimate of drug-likeness (QED) is 0.612. The van der Waals surface area contributed by atoms with Crippen molar-refractivity contribution < 1.29 is 0 Å². The smallest absolute Gasteiger partial charge is 0.0875 e. The largest absolute Gasteiger partial charge is 0.148 e. The van der Waals surface area contributed by atoms with E-state index in [2.05, 4.69) is 64.6 Å². The van der Waals surface area contributed by atoms with Crippen LogP contribution >= 0.6 is 0 Å². The van der Waals surface area contributed by atoms with Gasteiger partial charge in [0.1, 0.15) is 14.6 Å². The van der Waals surface area contributed by atoms with Crippen molar-refractivity contribution in [2.45, 2.75) is 13.6 Å². The van der Waals surface area contributed by atoms with Crippen molar-refractivity contribution in [2.24, 2.45) is 0 Å². The summed E-state index contributed by atoms with van der Waals surface area (Å²) in [6, 6.07) is 13.1. The zero-order valence-corrected chi connectivity index (χ0v) is 8.62. The second-order valence-electron chi connectivity index (χ2n) is 3.44. The van der Waals surface area contributed by atoms with Gasteiger partial charge in [0.25, 0.3) is 0 Å². The highest BCUT2D eigenvalue weighted by Gasteiger charge is 1.96. The third-order valence-corrected chi connectivity index (χ3v) is 2.56. The van der Waals surface area contributed by atoms with Crippen LogP contribution in [-0.4, -0.2) is 14.6 Å². The monoisotopic (exact) mass is 178 g/mol. The Bertz CT molecular complexity index is 406. The van der Waals surface area contributed by atoms with Crippen molar-refractivity contribution in [1.29, 1.82) is 0 Å². The molecule has 0 saturated heterocycles. The molecule has 0 aliphatic rings. The van der Waals surface area contributed by atoms with E-state index in [-0.39, 0.29) is 0 Å². The summed E-state index contributed by atoms with van der Waals surface area (Å²) in [4.78, 5) is 0. The summed E-state index contributed by atoms with van der Waals surface area (Å²) in [6.45, 7) is 4.13. The van der Waals surface area contributed by atoms with E-state index in [1.807, 2.05) is 0 Å². The lowest BCUT2D eigenvalue weighted by Crippen LogP contribution is -2.12. The maximum Gasteiger partial charge on any atom is 0.148 e. The van der Waals surface area contributed by atoms with Gasteiger partial charge in [-0.3, -0.25) is 0 Å². The molecule has 2 radical (unpaired) electrons. The van der Waals surface area contributed by atoms with Gasteiger partial charge in [-0.05, 0) is 10.8 Å². The first kappa shape index (κ1) is 9.39. The molecule has 2 rings (SSSR count). The molecule has 0 atom stereocenters. The van der Waals surface area contributed by atoms with Gasteiger partial charge in [0.15, 0.2) is 0 Å². The fourth-order valence-corrected chi connectivity index (χ4v) is 1.64. The second kappa shape index (κ2) is 3.91. The summed E-state index contributed by atoms with van der Waals surface area (Å²) in [6.07, 6.45) is 0. The average molecular weight is 178 g/mol. The van der Waals surface area contributed by atoms with Crippen LogP contribution in [0.5, 0.6) is 0 Å². The van der Waals surface area contributed by atoms with E-state index in [4.69, 9.17) is 0 Å². The van der Waals surface area contributed by atoms with Gasteiger partial charge in [0, 0.05) is 0 Å². The van der Waals surface area contributed by atoms with Crippen LogP contribution in [0.1, 0.15) is 0 Å². The Balaban J connectivity index is 2.57. The molecular weight excluding hydrogens is 166 g/mol. The van der Waals surface area contributed by atoms with Gasteiger partial charge in [-0.15, -0.1) is 0 Å². The number of rotatable bonds is 2. The van der Waals surface area contributed by atoms with Crippen LogP contribution in [0.25, 0.3) is 10.8 Å². The first-order valence-corrected chi connectivity index (χ1v) is 4.96. The molecule has 0 heterocycles. The average Bonchev–Trinajstić information content (AvgIpc) is 2.27. The molecule has 0 nitrogen and oxygen atoms in total. The van der Waals surface area contributed by atoms with Crippen molar-refractivity contribution in [1.82, 2.24) is 0 Å². The normalized spacial score (nSPS) is 10.1. The van der Waals surface area contributed by atoms with Crippen molar-refractivity contribution >= 4 is 36.3 Å². The lowest BCUT2D eigenvalue weighted by molar-refractivity contribution is 1.81. The van der Waals surface area contributed by atoms with Gasteiger partial charge >= 0.3 is 0 Å². The number of fused-ring (bicyclic) bond motifs is 1. The Morgan fingerprint density at radius 1 is 0.714 bits per heavy atom. The van der Waals surface area contributed by atoms with Crippen molar-refractivity contribution in [3.05, 3.63) is 36.4 Å². The Kier molecular flexibility index (Phi) is 2.62. The summed E-state index contributed by atoms with van der Waals surface area (Å²) in [5, 5.41) is 2.62. The fraction of sp³-hybridized carbons (Fsp3) is 0.167. The molecule has 2 aromatic carbocycles. The van der Waals surface area contributed by atoms with E-state index in [0.29, 0.717) is 0 Å². The van der Waals surface area contributed by atoms with Gasteiger partial charge in [-0.1, -0.05) is 61.0 Å². The Morgan fingerprint density at radius 3 is 1.50 bits per heavy atom. The predicted octanol–water partition coefficient (Wildman–Crippen LogP) is 1.59. The van der Waals surface area contributed by atoms with Crippen LogP contribution < -0.4 is 10.9 Å². The van der Waals surface area contributed by atoms with Crippen LogP contribution in [0.3, 0.4) is 0 Å². The molecule has 0 fully saturated rings. The first-order valence-electron chi connectivity index (χ1n) is 4.96. The SMILES string of the molecule is C[B]c1ccc2cc([B]C)ccc2c1. The van der Waals surface area contributed by atoms with Crippen molar-refractivity contribution in [3.8, 4) is 0 Å². The Morgan fingerprint density at radius 2 is 1.14 bits per heavy atom. The molecule has 0 aromatic heterocycles. The lowest BCUT2D eigenvalue weighted by atomic mass is 9.71. The van der Waals surface area contributed by atoms with Gasteiger partial charge in [-0.25, -0.2) is 0 Å². The maximum atomic E-state index is 2.22. The molecule has 2 heteroatoms. The van der Waals surface area contributed by atoms with Crippen molar-refractivity contribution in [2.75, 3.05) is 0 Å². The van der Waals surface area contributed by atoms with Crippen LogP contribution in [0.2, 0.25) is 13.6 Å². The van der Waals surface area contributed by atoms with Crippen LogP contribution in [-0.2, 0) is 0 Å². The molecule has 0 aliphatic heterocycles. The predicted molar refractivity (Wildman–Crippen MR) is 66.5 cm³/mol.